The van der Waals surface area contributed by atoms with Gasteiger partial charge in [-0.3, -0.25) is 20.2 Å². The third-order valence-electron chi connectivity index (χ3n) is 2.81. The molecule has 0 unspecified atom stereocenters. The number of nitro groups is 1. The lowest BCUT2D eigenvalue weighted by Gasteiger charge is -2.11. The van der Waals surface area contributed by atoms with Gasteiger partial charge in [0.2, 0.25) is 0 Å². The summed E-state index contributed by atoms with van der Waals surface area (Å²) in [6.07, 6.45) is 0. The topological polar surface area (TPSA) is 84.3 Å². The van der Waals surface area contributed by atoms with Crippen LogP contribution >= 0.6 is 47.0 Å². The first-order valence-corrected chi connectivity index (χ1v) is 7.83. The number of carbonyl (C=O) groups is 1. The summed E-state index contributed by atoms with van der Waals surface area (Å²) in [5.74, 6) is -0.535. The van der Waals surface area contributed by atoms with Gasteiger partial charge in [-0.1, -0.05) is 34.8 Å². The van der Waals surface area contributed by atoms with Crippen molar-refractivity contribution in [1.82, 2.24) is 5.32 Å². The predicted octanol–water partition coefficient (Wildman–Crippen LogP) is 4.68. The van der Waals surface area contributed by atoms with E-state index in [0.717, 1.165) is 0 Å². The standard InChI is InChI=1S/C14H8Cl3N3O3S/c15-7-1-3-9(10(16)5-7)13(21)19-14(24)18-12-4-2-8(20(22)23)6-11(12)17/h1-6H,(H2,18,19,21,24). The number of anilines is 1. The molecule has 0 saturated carbocycles. The Balaban J connectivity index is 2.08. The molecule has 1 amide bonds. The fourth-order valence-electron chi connectivity index (χ4n) is 1.72. The minimum absolute atomic E-state index is 0.0400. The molecular weight excluding hydrogens is 397 g/mol. The Kier molecular flexibility index (Phi) is 5.95. The molecule has 2 rings (SSSR count). The number of nitro benzene ring substituents is 1. The van der Waals surface area contributed by atoms with Crippen molar-refractivity contribution in [2.75, 3.05) is 5.32 Å². The van der Waals surface area contributed by atoms with Crippen LogP contribution in [0.4, 0.5) is 11.4 Å². The van der Waals surface area contributed by atoms with E-state index in [9.17, 15) is 14.9 Å². The van der Waals surface area contributed by atoms with E-state index in [1.165, 1.54) is 36.4 Å². The van der Waals surface area contributed by atoms with E-state index in [0.29, 0.717) is 10.7 Å². The van der Waals surface area contributed by atoms with Gasteiger partial charge in [-0.2, -0.15) is 0 Å². The molecule has 0 aliphatic rings. The average Bonchev–Trinajstić information content (AvgIpc) is 2.48. The van der Waals surface area contributed by atoms with Crippen molar-refractivity contribution in [3.63, 3.8) is 0 Å². The molecule has 0 atom stereocenters. The summed E-state index contributed by atoms with van der Waals surface area (Å²) in [7, 11) is 0. The van der Waals surface area contributed by atoms with Gasteiger partial charge >= 0.3 is 0 Å². The van der Waals surface area contributed by atoms with Crippen molar-refractivity contribution in [3.8, 4) is 0 Å². The molecule has 124 valence electrons. The first-order valence-electron chi connectivity index (χ1n) is 6.29. The minimum Gasteiger partial charge on any atom is -0.331 e. The SMILES string of the molecule is O=C(NC(=S)Nc1ccc([N+](=O)[O-])cc1Cl)c1ccc(Cl)cc1Cl. The summed E-state index contributed by atoms with van der Waals surface area (Å²) in [4.78, 5) is 22.2. The molecule has 0 aromatic heterocycles. The molecule has 0 aliphatic heterocycles. The number of nitrogens with one attached hydrogen (secondary N) is 2. The van der Waals surface area contributed by atoms with Crippen LogP contribution in [0.2, 0.25) is 15.1 Å². The molecule has 0 radical (unpaired) electrons. The first-order chi connectivity index (χ1) is 11.3. The normalized spacial score (nSPS) is 10.1. The largest absolute Gasteiger partial charge is 0.331 e. The van der Waals surface area contributed by atoms with E-state index < -0.39 is 10.8 Å². The molecule has 2 aromatic rings. The van der Waals surface area contributed by atoms with Crippen LogP contribution in [-0.4, -0.2) is 15.9 Å². The van der Waals surface area contributed by atoms with E-state index in [1.54, 1.807) is 0 Å². The molecule has 2 N–H and O–H groups in total. The Morgan fingerprint density at radius 1 is 1.08 bits per heavy atom. The van der Waals surface area contributed by atoms with Crippen LogP contribution in [0.15, 0.2) is 36.4 Å². The Bertz CT molecular complexity index is 845. The number of hydrogen-bond acceptors (Lipinski definition) is 4. The molecule has 0 saturated heterocycles. The van der Waals surface area contributed by atoms with Gasteiger partial charge in [0.1, 0.15) is 0 Å². The predicted molar refractivity (Wildman–Crippen MR) is 98.3 cm³/mol. The highest BCUT2D eigenvalue weighted by atomic mass is 35.5. The van der Waals surface area contributed by atoms with Crippen LogP contribution in [0.1, 0.15) is 10.4 Å². The van der Waals surface area contributed by atoms with Crippen molar-refractivity contribution in [2.45, 2.75) is 0 Å². The second-order valence-corrected chi connectivity index (χ2v) is 6.11. The van der Waals surface area contributed by atoms with Crippen LogP contribution < -0.4 is 10.6 Å². The Morgan fingerprint density at radius 2 is 1.79 bits per heavy atom. The zero-order valence-corrected chi connectivity index (χ0v) is 14.8. The van der Waals surface area contributed by atoms with Crippen molar-refractivity contribution in [2.24, 2.45) is 0 Å². The first kappa shape index (κ1) is 18.4. The number of thiocarbonyl (C=S) groups is 1. The molecule has 24 heavy (non-hydrogen) atoms. The maximum Gasteiger partial charge on any atom is 0.271 e. The van der Waals surface area contributed by atoms with Crippen molar-refractivity contribution in [3.05, 3.63) is 67.1 Å². The van der Waals surface area contributed by atoms with Gasteiger partial charge in [0.15, 0.2) is 5.11 Å². The summed E-state index contributed by atoms with van der Waals surface area (Å²) in [5.41, 5.74) is 0.350. The summed E-state index contributed by atoms with van der Waals surface area (Å²) < 4.78 is 0. The zero-order chi connectivity index (χ0) is 17.9. The van der Waals surface area contributed by atoms with E-state index >= 15 is 0 Å². The van der Waals surface area contributed by atoms with Gasteiger partial charge in [-0.05, 0) is 36.5 Å². The van der Waals surface area contributed by atoms with E-state index in [-0.39, 0.29) is 26.4 Å². The highest BCUT2D eigenvalue weighted by Gasteiger charge is 2.14. The van der Waals surface area contributed by atoms with Crippen LogP contribution in [0.3, 0.4) is 0 Å². The zero-order valence-electron chi connectivity index (χ0n) is 11.7. The van der Waals surface area contributed by atoms with E-state index in [1.807, 2.05) is 0 Å². The number of benzene rings is 2. The molecule has 0 spiro atoms. The Hall–Kier alpha value is -1.93. The average molecular weight is 405 g/mol. The fourth-order valence-corrected chi connectivity index (χ4v) is 2.64. The van der Waals surface area contributed by atoms with Crippen LogP contribution in [-0.2, 0) is 0 Å². The summed E-state index contributed by atoms with van der Waals surface area (Å²) in [6, 6.07) is 8.22. The lowest BCUT2D eigenvalue weighted by atomic mass is 10.2. The molecular formula is C14H8Cl3N3O3S. The number of hydrogen-bond donors (Lipinski definition) is 2. The van der Waals surface area contributed by atoms with Gasteiger partial charge in [0.25, 0.3) is 11.6 Å². The number of carbonyl (C=O) groups excluding carboxylic acids is 1. The Morgan fingerprint density at radius 3 is 2.38 bits per heavy atom. The molecule has 2 aromatic carbocycles. The van der Waals surface area contributed by atoms with Gasteiger partial charge in [0.05, 0.1) is 26.2 Å². The lowest BCUT2D eigenvalue weighted by molar-refractivity contribution is -0.384. The van der Waals surface area contributed by atoms with Crippen molar-refractivity contribution < 1.29 is 9.72 Å². The molecule has 0 aliphatic carbocycles. The third-order valence-corrected chi connectivity index (χ3v) is 3.88. The maximum absolute atomic E-state index is 12.1. The van der Waals surface area contributed by atoms with Gasteiger partial charge in [0, 0.05) is 17.2 Å². The van der Waals surface area contributed by atoms with E-state index in [4.69, 9.17) is 47.0 Å². The summed E-state index contributed by atoms with van der Waals surface area (Å²) in [6.45, 7) is 0. The second-order valence-electron chi connectivity index (χ2n) is 4.45. The van der Waals surface area contributed by atoms with E-state index in [2.05, 4.69) is 10.6 Å². The van der Waals surface area contributed by atoms with Gasteiger partial charge in [-0.15, -0.1) is 0 Å². The van der Waals surface area contributed by atoms with Crippen LogP contribution in [0, 0.1) is 10.1 Å². The van der Waals surface area contributed by atoms with Crippen LogP contribution in [0.25, 0.3) is 0 Å². The van der Waals surface area contributed by atoms with Crippen molar-refractivity contribution >= 4 is 69.4 Å². The minimum atomic E-state index is -0.571. The summed E-state index contributed by atoms with van der Waals surface area (Å²) in [5, 5.41) is 16.4. The lowest BCUT2D eigenvalue weighted by Crippen LogP contribution is -2.34. The number of nitrogens with zero attached hydrogens (tertiary/aromatic N) is 1. The quantitative estimate of drug-likeness (QED) is 0.441. The molecule has 0 fully saturated rings. The highest BCUT2D eigenvalue weighted by molar-refractivity contribution is 7.80. The highest BCUT2D eigenvalue weighted by Crippen LogP contribution is 2.26. The van der Waals surface area contributed by atoms with Gasteiger partial charge < -0.3 is 5.32 Å². The smallest absolute Gasteiger partial charge is 0.271 e. The Labute approximate surface area is 156 Å². The number of rotatable bonds is 3. The molecule has 0 heterocycles. The number of amides is 1. The fraction of sp³-hybridized carbons (Fsp3) is 0. The molecule has 6 nitrogen and oxygen atoms in total. The summed E-state index contributed by atoms with van der Waals surface area (Å²) >= 11 is 22.7. The maximum atomic E-state index is 12.1. The van der Waals surface area contributed by atoms with Gasteiger partial charge in [-0.25, -0.2) is 0 Å². The van der Waals surface area contributed by atoms with Crippen molar-refractivity contribution in [1.29, 1.82) is 0 Å². The molecule has 0 bridgehead atoms. The second kappa shape index (κ2) is 7.76. The monoisotopic (exact) mass is 403 g/mol. The number of halogens is 3. The number of non-ortho nitro benzene ring substituents is 1. The molecule has 10 heteroatoms. The van der Waals surface area contributed by atoms with Crippen LogP contribution in [0.5, 0.6) is 0 Å². The third kappa shape index (κ3) is 4.55.